The fourth-order valence-corrected chi connectivity index (χ4v) is 2.98. The lowest BCUT2D eigenvalue weighted by Crippen LogP contribution is -2.58. The molecule has 1 aliphatic heterocycles. The first kappa shape index (κ1) is 21.5. The summed E-state index contributed by atoms with van der Waals surface area (Å²) in [6.07, 6.45) is -0.914. The number of aliphatic carboxylic acids is 1. The van der Waals surface area contributed by atoms with Gasteiger partial charge in [0.15, 0.2) is 0 Å². The minimum Gasteiger partial charge on any atom is -0.480 e. The van der Waals surface area contributed by atoms with Crippen LogP contribution in [0.4, 0.5) is 4.79 Å². The molecule has 2 N–H and O–H groups in total. The molecule has 160 valence electrons. The van der Waals surface area contributed by atoms with Gasteiger partial charge in [-0.3, -0.25) is 14.4 Å². The summed E-state index contributed by atoms with van der Waals surface area (Å²) < 4.78 is 5.00. The Morgan fingerprint density at radius 3 is 2.10 bits per heavy atom. The van der Waals surface area contributed by atoms with Crippen LogP contribution >= 0.6 is 0 Å². The number of alkyl carbamates (subject to hydrolysis) is 1. The Bertz CT molecular complexity index is 1000. The maximum absolute atomic E-state index is 12.7. The molecular formula is C21H19N3O7. The quantitative estimate of drug-likeness (QED) is 0.641. The Hall–Kier alpha value is -4.21. The van der Waals surface area contributed by atoms with Crippen LogP contribution in [0.3, 0.4) is 0 Å². The average molecular weight is 425 g/mol. The van der Waals surface area contributed by atoms with Crippen LogP contribution in [0.2, 0.25) is 0 Å². The lowest BCUT2D eigenvalue weighted by molar-refractivity contribution is -0.158. The number of carbonyl (C=O) groups excluding carboxylic acids is 4. The van der Waals surface area contributed by atoms with Crippen molar-refractivity contribution < 1.29 is 33.8 Å². The zero-order chi connectivity index (χ0) is 22.5. The van der Waals surface area contributed by atoms with Gasteiger partial charge in [0.05, 0.1) is 11.1 Å². The first-order valence-corrected chi connectivity index (χ1v) is 9.28. The van der Waals surface area contributed by atoms with Crippen molar-refractivity contribution in [2.75, 3.05) is 6.54 Å². The van der Waals surface area contributed by atoms with Gasteiger partial charge in [-0.05, 0) is 24.6 Å². The van der Waals surface area contributed by atoms with E-state index in [2.05, 4.69) is 5.32 Å². The van der Waals surface area contributed by atoms with Crippen LogP contribution < -0.4 is 5.32 Å². The molecule has 4 amide bonds. The predicted octanol–water partition coefficient (Wildman–Crippen LogP) is 1.43. The Balaban J connectivity index is 1.70. The Kier molecular flexibility index (Phi) is 6.29. The van der Waals surface area contributed by atoms with E-state index >= 15 is 0 Å². The topological polar surface area (TPSA) is 133 Å². The smallest absolute Gasteiger partial charge is 0.407 e. The molecule has 0 aromatic heterocycles. The Morgan fingerprint density at radius 1 is 1.00 bits per heavy atom. The molecule has 1 heterocycles. The number of nitrogens with one attached hydrogen (secondary N) is 1. The van der Waals surface area contributed by atoms with Gasteiger partial charge in [0.25, 0.3) is 17.7 Å². The molecule has 1 aliphatic rings. The van der Waals surface area contributed by atoms with E-state index < -0.39 is 42.4 Å². The van der Waals surface area contributed by atoms with E-state index in [1.165, 1.54) is 12.1 Å². The van der Waals surface area contributed by atoms with E-state index in [0.717, 1.165) is 12.5 Å². The van der Waals surface area contributed by atoms with Crippen molar-refractivity contribution in [2.24, 2.45) is 0 Å². The third kappa shape index (κ3) is 4.53. The molecule has 10 nitrogen and oxygen atoms in total. The number of rotatable bonds is 7. The standard InChI is InChI=1S/C21H19N3O7/c1-13(20(28)29)23(24-18(26)15-9-5-6-10-16(15)19(24)27)17(25)11-22-21(30)31-12-14-7-3-2-4-8-14/h2-10,13H,11-12H2,1H3,(H,22,30)(H,28,29)/t13-/m0/s1. The number of carboxylic acids is 1. The van der Waals surface area contributed by atoms with Crippen LogP contribution in [0.1, 0.15) is 33.2 Å². The number of benzene rings is 2. The van der Waals surface area contributed by atoms with E-state index in [9.17, 15) is 29.1 Å². The number of hydrogen-bond donors (Lipinski definition) is 2. The molecule has 0 saturated carbocycles. The highest BCUT2D eigenvalue weighted by Gasteiger charge is 2.44. The van der Waals surface area contributed by atoms with Gasteiger partial charge in [-0.2, -0.15) is 5.01 Å². The first-order chi connectivity index (χ1) is 14.8. The largest absolute Gasteiger partial charge is 0.480 e. The lowest BCUT2D eigenvalue weighted by atomic mass is 10.1. The molecule has 0 aliphatic carbocycles. The molecule has 10 heteroatoms. The molecule has 2 aromatic carbocycles. The number of imide groups is 1. The highest BCUT2D eigenvalue weighted by molar-refractivity contribution is 6.21. The predicted molar refractivity (Wildman–Crippen MR) is 106 cm³/mol. The molecule has 0 saturated heterocycles. The zero-order valence-electron chi connectivity index (χ0n) is 16.5. The van der Waals surface area contributed by atoms with Gasteiger partial charge in [-0.15, -0.1) is 0 Å². The van der Waals surface area contributed by atoms with Crippen molar-refractivity contribution in [3.63, 3.8) is 0 Å². The van der Waals surface area contributed by atoms with Crippen molar-refractivity contribution in [2.45, 2.75) is 19.6 Å². The fourth-order valence-electron chi connectivity index (χ4n) is 2.98. The minimum absolute atomic E-state index is 0.0332. The maximum atomic E-state index is 12.7. The number of amides is 4. The molecule has 0 bridgehead atoms. The monoisotopic (exact) mass is 425 g/mol. The number of hydrogen-bond acceptors (Lipinski definition) is 6. The number of hydrazine groups is 1. The summed E-state index contributed by atoms with van der Waals surface area (Å²) in [7, 11) is 0. The summed E-state index contributed by atoms with van der Waals surface area (Å²) in [5, 5.41) is 12.6. The SMILES string of the molecule is C[C@@H](C(=O)O)N(C(=O)CNC(=O)OCc1ccccc1)N1C(=O)c2ccccc2C1=O. The first-order valence-electron chi connectivity index (χ1n) is 9.28. The maximum Gasteiger partial charge on any atom is 0.407 e. The fraction of sp³-hybridized carbons (Fsp3) is 0.190. The highest BCUT2D eigenvalue weighted by Crippen LogP contribution is 2.25. The van der Waals surface area contributed by atoms with Crippen LogP contribution in [-0.2, 0) is 20.9 Å². The third-order valence-corrected chi connectivity index (χ3v) is 4.56. The van der Waals surface area contributed by atoms with Gasteiger partial charge in [-0.1, -0.05) is 42.5 Å². The van der Waals surface area contributed by atoms with Gasteiger partial charge < -0.3 is 15.2 Å². The number of nitrogens with zero attached hydrogens (tertiary/aromatic N) is 2. The molecule has 0 radical (unpaired) electrons. The van der Waals surface area contributed by atoms with Crippen LogP contribution in [0, 0.1) is 0 Å². The summed E-state index contributed by atoms with van der Waals surface area (Å²) in [6.45, 7) is 0.435. The zero-order valence-corrected chi connectivity index (χ0v) is 16.5. The molecule has 0 spiro atoms. The van der Waals surface area contributed by atoms with Crippen molar-refractivity contribution in [1.82, 2.24) is 15.3 Å². The van der Waals surface area contributed by atoms with E-state index in [0.29, 0.717) is 10.0 Å². The Labute approximate surface area is 177 Å². The number of carboxylic acid groups (broad SMARTS) is 1. The Morgan fingerprint density at radius 2 is 1.55 bits per heavy atom. The molecule has 3 rings (SSSR count). The summed E-state index contributed by atoms with van der Waals surface area (Å²) in [6, 6.07) is 13.2. The average Bonchev–Trinajstić information content (AvgIpc) is 3.02. The van der Waals surface area contributed by atoms with Gasteiger partial charge in [0.1, 0.15) is 19.2 Å². The molecule has 0 unspecified atom stereocenters. The normalized spacial score (nSPS) is 13.4. The number of fused-ring (bicyclic) bond motifs is 1. The summed E-state index contributed by atoms with van der Waals surface area (Å²) in [5.74, 6) is -4.06. The molecular weight excluding hydrogens is 406 g/mol. The summed E-state index contributed by atoms with van der Waals surface area (Å²) in [4.78, 5) is 61.5. The van der Waals surface area contributed by atoms with Gasteiger partial charge in [0, 0.05) is 0 Å². The van der Waals surface area contributed by atoms with Crippen LogP contribution in [0.15, 0.2) is 54.6 Å². The number of ether oxygens (including phenoxy) is 1. The van der Waals surface area contributed by atoms with Gasteiger partial charge in [-0.25, -0.2) is 14.6 Å². The van der Waals surface area contributed by atoms with Gasteiger partial charge >= 0.3 is 12.1 Å². The molecule has 1 atom stereocenters. The van der Waals surface area contributed by atoms with Crippen molar-refractivity contribution in [3.05, 3.63) is 71.3 Å². The number of carbonyl (C=O) groups is 5. The third-order valence-electron chi connectivity index (χ3n) is 4.56. The van der Waals surface area contributed by atoms with Crippen LogP contribution in [0.25, 0.3) is 0 Å². The lowest BCUT2D eigenvalue weighted by Gasteiger charge is -2.32. The second-order valence-corrected chi connectivity index (χ2v) is 6.64. The molecule has 2 aromatic rings. The van der Waals surface area contributed by atoms with Crippen molar-refractivity contribution in [1.29, 1.82) is 0 Å². The van der Waals surface area contributed by atoms with E-state index in [-0.39, 0.29) is 17.7 Å². The van der Waals surface area contributed by atoms with E-state index in [4.69, 9.17) is 4.74 Å². The van der Waals surface area contributed by atoms with E-state index in [1.807, 2.05) is 0 Å². The second-order valence-electron chi connectivity index (χ2n) is 6.64. The van der Waals surface area contributed by atoms with Crippen molar-refractivity contribution >= 4 is 29.8 Å². The van der Waals surface area contributed by atoms with Crippen LogP contribution in [-0.4, -0.2) is 57.5 Å². The second kappa shape index (κ2) is 9.08. The highest BCUT2D eigenvalue weighted by atomic mass is 16.5. The molecule has 31 heavy (non-hydrogen) atoms. The minimum atomic E-state index is -1.54. The molecule has 0 fully saturated rings. The summed E-state index contributed by atoms with van der Waals surface area (Å²) >= 11 is 0. The van der Waals surface area contributed by atoms with Crippen LogP contribution in [0.5, 0.6) is 0 Å². The summed E-state index contributed by atoms with van der Waals surface area (Å²) in [5.41, 5.74) is 0.840. The van der Waals surface area contributed by atoms with E-state index in [1.54, 1.807) is 42.5 Å². The van der Waals surface area contributed by atoms with Crippen molar-refractivity contribution in [3.8, 4) is 0 Å². The van der Waals surface area contributed by atoms with Gasteiger partial charge in [0.2, 0.25) is 0 Å².